The van der Waals surface area contributed by atoms with Gasteiger partial charge in [-0.15, -0.1) is 0 Å². The van der Waals surface area contributed by atoms with Gasteiger partial charge in [-0.3, -0.25) is 10.1 Å². The molecule has 0 aliphatic rings. The Hall–Kier alpha value is -1.85. The van der Waals surface area contributed by atoms with Crippen molar-refractivity contribution in [3.05, 3.63) is 12.0 Å². The average molecular weight is 184 g/mol. The van der Waals surface area contributed by atoms with E-state index in [9.17, 15) is 9.59 Å². The monoisotopic (exact) mass is 184 g/mol. The summed E-state index contributed by atoms with van der Waals surface area (Å²) in [6.07, 6.45) is 1.25. The lowest BCUT2D eigenvalue weighted by Crippen LogP contribution is -2.09. The lowest BCUT2D eigenvalue weighted by molar-refractivity contribution is -0.116. The third-order valence-electron chi connectivity index (χ3n) is 1.29. The molecule has 13 heavy (non-hydrogen) atoms. The zero-order valence-corrected chi connectivity index (χ0v) is 6.90. The van der Waals surface area contributed by atoms with Crippen LogP contribution < -0.4 is 5.32 Å². The maximum atomic E-state index is 10.8. The second kappa shape index (κ2) is 3.70. The van der Waals surface area contributed by atoms with Crippen LogP contribution in [-0.4, -0.2) is 22.0 Å². The Morgan fingerprint density at radius 2 is 2.38 bits per heavy atom. The number of hydrogen-bond acceptors (Lipinski definition) is 4. The van der Waals surface area contributed by atoms with Crippen molar-refractivity contribution in [1.82, 2.24) is 4.98 Å². The first kappa shape index (κ1) is 9.24. The Bertz CT molecular complexity index is 331. The molecule has 1 aromatic rings. The summed E-state index contributed by atoms with van der Waals surface area (Å²) in [5, 5.41) is 10.7. The lowest BCUT2D eigenvalue weighted by Gasteiger charge is -1.94. The van der Waals surface area contributed by atoms with Gasteiger partial charge in [-0.25, -0.2) is 4.79 Å². The fourth-order valence-corrected chi connectivity index (χ4v) is 0.637. The molecule has 1 amide bonds. The molecule has 0 saturated carbocycles. The number of amides is 1. The molecule has 0 unspecified atom stereocenters. The van der Waals surface area contributed by atoms with Crippen molar-refractivity contribution in [2.45, 2.75) is 13.3 Å². The maximum Gasteiger partial charge on any atom is 0.357 e. The molecule has 0 aliphatic carbocycles. The molecule has 1 aromatic heterocycles. The summed E-state index contributed by atoms with van der Waals surface area (Å²) in [6, 6.07) is -0.0933. The van der Waals surface area contributed by atoms with Crippen molar-refractivity contribution in [1.29, 1.82) is 0 Å². The van der Waals surface area contributed by atoms with Crippen molar-refractivity contribution in [2.75, 3.05) is 5.32 Å². The first-order chi connectivity index (χ1) is 6.13. The molecular weight excluding hydrogens is 176 g/mol. The van der Waals surface area contributed by atoms with Gasteiger partial charge >= 0.3 is 12.0 Å². The predicted octanol–water partition coefficient (Wildman–Crippen LogP) is 0.721. The van der Waals surface area contributed by atoms with E-state index in [1.807, 2.05) is 0 Å². The van der Waals surface area contributed by atoms with E-state index in [4.69, 9.17) is 5.11 Å². The van der Waals surface area contributed by atoms with Crippen LogP contribution in [0.15, 0.2) is 10.7 Å². The van der Waals surface area contributed by atoms with Crippen LogP contribution in [0.2, 0.25) is 0 Å². The highest BCUT2D eigenvalue weighted by atomic mass is 16.4. The minimum atomic E-state index is -1.19. The predicted molar refractivity (Wildman–Crippen MR) is 42.4 cm³/mol. The molecule has 1 rings (SSSR count). The SMILES string of the molecule is CCC(=O)Nc1nc(C(=O)O)co1. The summed E-state index contributed by atoms with van der Waals surface area (Å²) in [7, 11) is 0. The Morgan fingerprint density at radius 1 is 1.69 bits per heavy atom. The molecule has 6 heteroatoms. The van der Waals surface area contributed by atoms with Crippen molar-refractivity contribution < 1.29 is 19.1 Å². The van der Waals surface area contributed by atoms with E-state index < -0.39 is 5.97 Å². The molecule has 6 nitrogen and oxygen atoms in total. The Labute approximate surface area is 73.6 Å². The van der Waals surface area contributed by atoms with Gasteiger partial charge in [0.1, 0.15) is 6.26 Å². The zero-order chi connectivity index (χ0) is 9.84. The second-order valence-electron chi connectivity index (χ2n) is 2.24. The van der Waals surface area contributed by atoms with Crippen LogP contribution in [0.3, 0.4) is 0 Å². The first-order valence-corrected chi connectivity index (χ1v) is 3.62. The minimum absolute atomic E-state index is 0.0933. The van der Waals surface area contributed by atoms with E-state index in [1.54, 1.807) is 6.92 Å². The summed E-state index contributed by atoms with van der Waals surface area (Å²) in [5.74, 6) is -1.47. The van der Waals surface area contributed by atoms with E-state index in [-0.39, 0.29) is 24.0 Å². The molecule has 0 fully saturated rings. The summed E-state index contributed by atoms with van der Waals surface area (Å²) in [6.45, 7) is 1.66. The number of oxazole rings is 1. The molecule has 0 atom stereocenters. The number of carboxylic acid groups (broad SMARTS) is 1. The van der Waals surface area contributed by atoms with Gasteiger partial charge in [-0.1, -0.05) is 6.92 Å². The van der Waals surface area contributed by atoms with Gasteiger partial charge in [-0.2, -0.15) is 4.98 Å². The summed E-state index contributed by atoms with van der Waals surface area (Å²) in [5.41, 5.74) is -0.230. The van der Waals surface area contributed by atoms with E-state index >= 15 is 0 Å². The van der Waals surface area contributed by atoms with Gasteiger partial charge < -0.3 is 9.52 Å². The van der Waals surface area contributed by atoms with Gasteiger partial charge in [0.05, 0.1) is 0 Å². The van der Waals surface area contributed by atoms with Crippen LogP contribution in [0.1, 0.15) is 23.8 Å². The van der Waals surface area contributed by atoms with Gasteiger partial charge in [0, 0.05) is 6.42 Å². The minimum Gasteiger partial charge on any atom is -0.476 e. The quantitative estimate of drug-likeness (QED) is 0.722. The molecular formula is C7H8N2O4. The standard InChI is InChI=1S/C7H8N2O4/c1-2-5(10)9-7-8-4(3-13-7)6(11)12/h3H,2H2,1H3,(H,11,12)(H,8,9,10). The molecule has 0 aliphatic heterocycles. The zero-order valence-electron chi connectivity index (χ0n) is 6.90. The molecule has 0 spiro atoms. The lowest BCUT2D eigenvalue weighted by atomic mass is 10.5. The number of rotatable bonds is 3. The smallest absolute Gasteiger partial charge is 0.357 e. The Balaban J connectivity index is 2.69. The third kappa shape index (κ3) is 2.29. The average Bonchev–Trinajstić information content (AvgIpc) is 2.52. The summed E-state index contributed by atoms with van der Waals surface area (Å²) in [4.78, 5) is 24.6. The third-order valence-corrected chi connectivity index (χ3v) is 1.29. The van der Waals surface area contributed by atoms with E-state index in [0.29, 0.717) is 0 Å². The first-order valence-electron chi connectivity index (χ1n) is 3.62. The highest BCUT2D eigenvalue weighted by Crippen LogP contribution is 2.07. The number of anilines is 1. The van der Waals surface area contributed by atoms with E-state index in [2.05, 4.69) is 14.7 Å². The second-order valence-corrected chi connectivity index (χ2v) is 2.24. The van der Waals surface area contributed by atoms with Crippen LogP contribution in [-0.2, 0) is 4.79 Å². The fraction of sp³-hybridized carbons (Fsp3) is 0.286. The molecule has 1 heterocycles. The van der Waals surface area contributed by atoms with Gasteiger partial charge in [0.2, 0.25) is 5.91 Å². The number of carbonyl (C=O) groups is 2. The summed E-state index contributed by atoms with van der Waals surface area (Å²) < 4.78 is 4.67. The van der Waals surface area contributed by atoms with Crippen LogP contribution in [0.25, 0.3) is 0 Å². The molecule has 0 aromatic carbocycles. The van der Waals surface area contributed by atoms with Crippen LogP contribution in [0.4, 0.5) is 6.01 Å². The van der Waals surface area contributed by atoms with E-state index in [0.717, 1.165) is 6.26 Å². The Morgan fingerprint density at radius 3 is 2.85 bits per heavy atom. The number of aromatic carboxylic acids is 1. The molecule has 0 saturated heterocycles. The number of aromatic nitrogens is 1. The number of carboxylic acids is 1. The fourth-order valence-electron chi connectivity index (χ4n) is 0.637. The van der Waals surface area contributed by atoms with Crippen LogP contribution in [0, 0.1) is 0 Å². The van der Waals surface area contributed by atoms with Crippen LogP contribution in [0.5, 0.6) is 0 Å². The van der Waals surface area contributed by atoms with Crippen molar-refractivity contribution in [3.63, 3.8) is 0 Å². The molecule has 0 radical (unpaired) electrons. The number of hydrogen-bond donors (Lipinski definition) is 2. The van der Waals surface area contributed by atoms with E-state index in [1.165, 1.54) is 0 Å². The van der Waals surface area contributed by atoms with Crippen molar-refractivity contribution in [2.24, 2.45) is 0 Å². The number of nitrogens with one attached hydrogen (secondary N) is 1. The largest absolute Gasteiger partial charge is 0.476 e. The molecule has 0 bridgehead atoms. The molecule has 70 valence electrons. The Kier molecular flexibility index (Phi) is 2.63. The highest BCUT2D eigenvalue weighted by Gasteiger charge is 2.11. The molecule has 2 N–H and O–H groups in total. The van der Waals surface area contributed by atoms with Gasteiger partial charge in [0.25, 0.3) is 0 Å². The summed E-state index contributed by atoms with van der Waals surface area (Å²) >= 11 is 0. The number of carbonyl (C=O) groups excluding carboxylic acids is 1. The van der Waals surface area contributed by atoms with Gasteiger partial charge in [0.15, 0.2) is 5.69 Å². The van der Waals surface area contributed by atoms with Crippen molar-refractivity contribution >= 4 is 17.9 Å². The van der Waals surface area contributed by atoms with Crippen molar-refractivity contribution in [3.8, 4) is 0 Å². The highest BCUT2D eigenvalue weighted by molar-refractivity contribution is 5.89. The van der Waals surface area contributed by atoms with Crippen LogP contribution >= 0.6 is 0 Å². The number of nitrogens with zero attached hydrogens (tertiary/aromatic N) is 1. The topological polar surface area (TPSA) is 92.4 Å². The maximum absolute atomic E-state index is 10.8. The van der Waals surface area contributed by atoms with Gasteiger partial charge in [-0.05, 0) is 0 Å². The normalized spacial score (nSPS) is 9.62.